The van der Waals surface area contributed by atoms with Crippen molar-refractivity contribution < 1.29 is 4.42 Å². The lowest BCUT2D eigenvalue weighted by Gasteiger charge is -2.13. The number of hydrogen-bond acceptors (Lipinski definition) is 2. The van der Waals surface area contributed by atoms with E-state index in [-0.39, 0.29) is 0 Å². The van der Waals surface area contributed by atoms with Crippen LogP contribution in [0.4, 0.5) is 0 Å². The van der Waals surface area contributed by atoms with Crippen LogP contribution in [-0.2, 0) is 0 Å². The molecule has 1 N–H and O–H groups in total. The zero-order chi connectivity index (χ0) is 9.68. The van der Waals surface area contributed by atoms with Crippen LogP contribution in [0.3, 0.4) is 0 Å². The van der Waals surface area contributed by atoms with Crippen molar-refractivity contribution in [3.05, 3.63) is 36.3 Å². The van der Waals surface area contributed by atoms with Crippen LogP contribution in [0.2, 0.25) is 0 Å². The van der Waals surface area contributed by atoms with Crippen molar-refractivity contribution in [3.63, 3.8) is 0 Å². The van der Waals surface area contributed by atoms with E-state index >= 15 is 0 Å². The van der Waals surface area contributed by atoms with Gasteiger partial charge in [0.2, 0.25) is 0 Å². The average Bonchev–Trinajstić information content (AvgIpc) is 2.51. The van der Waals surface area contributed by atoms with Gasteiger partial charge in [0, 0.05) is 11.6 Å². The van der Waals surface area contributed by atoms with Crippen molar-refractivity contribution in [3.8, 4) is 0 Å². The van der Waals surface area contributed by atoms with E-state index in [1.54, 1.807) is 0 Å². The van der Waals surface area contributed by atoms with Gasteiger partial charge in [-0.3, -0.25) is 0 Å². The van der Waals surface area contributed by atoms with E-state index in [1.165, 1.54) is 5.56 Å². The molecule has 13 heavy (non-hydrogen) atoms. The molecule has 0 aromatic carbocycles. The van der Waals surface area contributed by atoms with Crippen LogP contribution in [-0.4, -0.2) is 6.54 Å². The summed E-state index contributed by atoms with van der Waals surface area (Å²) in [6.45, 7) is 8.76. The van der Waals surface area contributed by atoms with Crippen molar-refractivity contribution in [2.75, 3.05) is 6.54 Å². The van der Waals surface area contributed by atoms with Gasteiger partial charge in [-0.2, -0.15) is 0 Å². The lowest BCUT2D eigenvalue weighted by atomic mass is 10.1. The first-order valence-corrected chi connectivity index (χ1v) is 4.67. The zero-order valence-corrected chi connectivity index (χ0v) is 8.34. The Balaban J connectivity index is 2.68. The number of rotatable bonds is 5. The highest BCUT2D eigenvalue weighted by molar-refractivity contribution is 5.17. The van der Waals surface area contributed by atoms with E-state index in [1.807, 2.05) is 19.3 Å². The van der Waals surface area contributed by atoms with E-state index in [9.17, 15) is 0 Å². The second-order valence-electron chi connectivity index (χ2n) is 3.13. The molecular formula is C11H17NO. The summed E-state index contributed by atoms with van der Waals surface area (Å²) in [4.78, 5) is 0. The largest absolute Gasteiger partial charge is 0.469 e. The molecule has 0 spiro atoms. The summed E-state index contributed by atoms with van der Waals surface area (Å²) in [5.41, 5.74) is 1.21. The third-order valence-electron chi connectivity index (χ3n) is 2.01. The molecule has 1 atom stereocenters. The first-order chi connectivity index (χ1) is 6.27. The summed E-state index contributed by atoms with van der Waals surface area (Å²) in [6, 6.07) is 2.41. The lowest BCUT2D eigenvalue weighted by Crippen LogP contribution is -2.19. The summed E-state index contributed by atoms with van der Waals surface area (Å²) in [5, 5.41) is 3.38. The SMILES string of the molecule is C=CCC(NCC)c1coc(C)c1. The quantitative estimate of drug-likeness (QED) is 0.703. The fourth-order valence-electron chi connectivity index (χ4n) is 1.40. The summed E-state index contributed by atoms with van der Waals surface area (Å²) < 4.78 is 5.26. The summed E-state index contributed by atoms with van der Waals surface area (Å²) >= 11 is 0. The Labute approximate surface area is 79.6 Å². The van der Waals surface area contributed by atoms with Crippen molar-refractivity contribution in [2.24, 2.45) is 0 Å². The van der Waals surface area contributed by atoms with Gasteiger partial charge in [0.25, 0.3) is 0 Å². The molecule has 0 bridgehead atoms. The van der Waals surface area contributed by atoms with Gasteiger partial charge in [-0.1, -0.05) is 13.0 Å². The minimum Gasteiger partial charge on any atom is -0.469 e. The highest BCUT2D eigenvalue weighted by atomic mass is 16.3. The molecule has 72 valence electrons. The van der Waals surface area contributed by atoms with Gasteiger partial charge in [-0.05, 0) is 26.0 Å². The molecule has 0 radical (unpaired) electrons. The summed E-state index contributed by atoms with van der Waals surface area (Å²) in [5.74, 6) is 0.960. The third-order valence-corrected chi connectivity index (χ3v) is 2.01. The van der Waals surface area contributed by atoms with Crippen molar-refractivity contribution in [1.82, 2.24) is 5.32 Å². The van der Waals surface area contributed by atoms with Gasteiger partial charge in [0.1, 0.15) is 5.76 Å². The maximum Gasteiger partial charge on any atom is 0.101 e. The van der Waals surface area contributed by atoms with Crippen LogP contribution in [0, 0.1) is 6.92 Å². The molecule has 2 heteroatoms. The number of hydrogen-bond donors (Lipinski definition) is 1. The van der Waals surface area contributed by atoms with Gasteiger partial charge in [0.15, 0.2) is 0 Å². The molecule has 1 rings (SSSR count). The van der Waals surface area contributed by atoms with Gasteiger partial charge in [-0.25, -0.2) is 0 Å². The fraction of sp³-hybridized carbons (Fsp3) is 0.455. The molecule has 0 saturated heterocycles. The Morgan fingerprint density at radius 2 is 2.46 bits per heavy atom. The fourth-order valence-corrected chi connectivity index (χ4v) is 1.40. The first kappa shape index (κ1) is 10.1. The summed E-state index contributed by atoms with van der Waals surface area (Å²) in [6.07, 6.45) is 4.68. The predicted molar refractivity (Wildman–Crippen MR) is 54.7 cm³/mol. The average molecular weight is 179 g/mol. The minimum atomic E-state index is 0.347. The highest BCUT2D eigenvalue weighted by Gasteiger charge is 2.09. The molecule has 1 unspecified atom stereocenters. The van der Waals surface area contributed by atoms with Crippen LogP contribution in [0.15, 0.2) is 29.4 Å². The standard InChI is InChI=1S/C11H17NO/c1-4-6-11(12-5-2)10-7-9(3)13-8-10/h4,7-8,11-12H,1,5-6H2,2-3H3. The molecule has 0 amide bonds. The zero-order valence-electron chi connectivity index (χ0n) is 8.34. The van der Waals surface area contributed by atoms with Gasteiger partial charge in [0.05, 0.1) is 6.26 Å². The van der Waals surface area contributed by atoms with Gasteiger partial charge >= 0.3 is 0 Å². The second kappa shape index (κ2) is 4.87. The second-order valence-corrected chi connectivity index (χ2v) is 3.13. The molecule has 0 aliphatic carbocycles. The highest BCUT2D eigenvalue weighted by Crippen LogP contribution is 2.19. The Bertz CT molecular complexity index is 265. The molecule has 0 aliphatic rings. The van der Waals surface area contributed by atoms with E-state index < -0.39 is 0 Å². The molecule has 0 saturated carbocycles. The number of nitrogens with one attached hydrogen (secondary N) is 1. The summed E-state index contributed by atoms with van der Waals surface area (Å²) in [7, 11) is 0. The van der Waals surface area contributed by atoms with Crippen LogP contribution in [0.25, 0.3) is 0 Å². The van der Waals surface area contributed by atoms with Crippen molar-refractivity contribution in [2.45, 2.75) is 26.3 Å². The number of aryl methyl sites for hydroxylation is 1. The van der Waals surface area contributed by atoms with Crippen molar-refractivity contribution >= 4 is 0 Å². The molecule has 0 fully saturated rings. The van der Waals surface area contributed by atoms with E-state index in [2.05, 4.69) is 24.9 Å². The Morgan fingerprint density at radius 3 is 2.92 bits per heavy atom. The van der Waals surface area contributed by atoms with E-state index in [0.29, 0.717) is 6.04 Å². The van der Waals surface area contributed by atoms with Crippen LogP contribution >= 0.6 is 0 Å². The van der Waals surface area contributed by atoms with Crippen LogP contribution in [0.1, 0.15) is 30.7 Å². The normalized spacial score (nSPS) is 12.8. The first-order valence-electron chi connectivity index (χ1n) is 4.67. The molecule has 1 aromatic heterocycles. The topological polar surface area (TPSA) is 25.2 Å². The third kappa shape index (κ3) is 2.74. The van der Waals surface area contributed by atoms with Gasteiger partial charge < -0.3 is 9.73 Å². The molecule has 2 nitrogen and oxygen atoms in total. The molecule has 1 aromatic rings. The van der Waals surface area contributed by atoms with Crippen LogP contribution in [0.5, 0.6) is 0 Å². The number of furan rings is 1. The Hall–Kier alpha value is -1.02. The Morgan fingerprint density at radius 1 is 1.69 bits per heavy atom. The van der Waals surface area contributed by atoms with Crippen LogP contribution < -0.4 is 5.32 Å². The molecule has 0 aliphatic heterocycles. The van der Waals surface area contributed by atoms with E-state index in [0.717, 1.165) is 18.7 Å². The maximum absolute atomic E-state index is 5.26. The smallest absolute Gasteiger partial charge is 0.101 e. The minimum absolute atomic E-state index is 0.347. The van der Waals surface area contributed by atoms with Gasteiger partial charge in [-0.15, -0.1) is 6.58 Å². The monoisotopic (exact) mass is 179 g/mol. The molecular weight excluding hydrogens is 162 g/mol. The van der Waals surface area contributed by atoms with Crippen molar-refractivity contribution in [1.29, 1.82) is 0 Å². The Kier molecular flexibility index (Phi) is 3.77. The van der Waals surface area contributed by atoms with E-state index in [4.69, 9.17) is 4.42 Å². The predicted octanol–water partition coefficient (Wildman–Crippen LogP) is 2.81. The molecule has 1 heterocycles. The lowest BCUT2D eigenvalue weighted by molar-refractivity contribution is 0.514. The maximum atomic E-state index is 5.26.